The van der Waals surface area contributed by atoms with Gasteiger partial charge in [0.25, 0.3) is 0 Å². The molecule has 0 saturated carbocycles. The number of hydrogen-bond acceptors (Lipinski definition) is 2. The minimum absolute atomic E-state index is 0. The predicted octanol–water partition coefficient (Wildman–Crippen LogP) is 3.20. The maximum Gasteiger partial charge on any atom is 2.00 e. The Morgan fingerprint density at radius 2 is 1.85 bits per heavy atom. The zero-order chi connectivity index (χ0) is 13.7. The number of ether oxygens (including phenoxy) is 1. The van der Waals surface area contributed by atoms with Crippen LogP contribution in [0.5, 0.6) is 0 Å². The second kappa shape index (κ2) is 7.47. The standard InChI is InChI=1S/C12H16NO.C5H.Fe/c1-12(2,3)10-8-14-11(13-10)9-6-4-5-7-9;1-2-4-5-3-1;/h4-7,10H,8H2,1-3H3;1H;/q-1;-5;+2/t10-;;/m0../s1. The molecule has 2 nitrogen and oxygen atoms in total. The van der Waals surface area contributed by atoms with Gasteiger partial charge in [0.2, 0.25) is 0 Å². The Labute approximate surface area is 132 Å². The van der Waals surface area contributed by atoms with Crippen LogP contribution in [0, 0.1) is 29.7 Å². The van der Waals surface area contributed by atoms with Crippen LogP contribution in [0.2, 0.25) is 0 Å². The molecule has 0 aliphatic carbocycles. The molecular weight excluding hydrogens is 290 g/mol. The Balaban J connectivity index is 0.000000283. The number of aliphatic imine (C=N–C) groups is 1. The van der Waals surface area contributed by atoms with Gasteiger partial charge in [0.05, 0.1) is 6.04 Å². The van der Waals surface area contributed by atoms with E-state index in [9.17, 15) is 0 Å². The smallest absolute Gasteiger partial charge is 0.999 e. The Kier molecular flexibility index (Phi) is 6.25. The zero-order valence-electron chi connectivity index (χ0n) is 11.9. The first-order valence-electron chi connectivity index (χ1n) is 6.33. The third kappa shape index (κ3) is 4.66. The number of rotatable bonds is 1. The summed E-state index contributed by atoms with van der Waals surface area (Å²) in [6, 6.07) is 20.4. The number of nitrogens with zero attached hydrogens (tertiary/aromatic N) is 1. The van der Waals surface area contributed by atoms with E-state index < -0.39 is 0 Å². The van der Waals surface area contributed by atoms with Crippen molar-refractivity contribution in [3.8, 4) is 0 Å². The molecular formula is C17H17FeNO-4. The molecule has 1 heterocycles. The van der Waals surface area contributed by atoms with E-state index in [0.717, 1.165) is 11.5 Å². The molecule has 20 heavy (non-hydrogen) atoms. The van der Waals surface area contributed by atoms with Crippen molar-refractivity contribution >= 4 is 5.90 Å². The summed E-state index contributed by atoms with van der Waals surface area (Å²) in [5.41, 5.74) is 1.28. The fraction of sp³-hybridized carbons (Fsp3) is 0.353. The molecule has 0 saturated heterocycles. The first kappa shape index (κ1) is 16.7. The molecule has 3 heteroatoms. The third-order valence-corrected chi connectivity index (χ3v) is 2.91. The van der Waals surface area contributed by atoms with Gasteiger partial charge in [0.15, 0.2) is 5.90 Å². The van der Waals surface area contributed by atoms with E-state index in [1.807, 2.05) is 24.3 Å². The quantitative estimate of drug-likeness (QED) is 0.586. The van der Waals surface area contributed by atoms with Crippen molar-refractivity contribution in [2.24, 2.45) is 10.4 Å². The van der Waals surface area contributed by atoms with Crippen molar-refractivity contribution in [2.75, 3.05) is 6.61 Å². The second-order valence-corrected chi connectivity index (χ2v) is 5.48. The Hall–Kier alpha value is -1.31. The van der Waals surface area contributed by atoms with E-state index in [-0.39, 0.29) is 28.5 Å². The van der Waals surface area contributed by atoms with Crippen molar-refractivity contribution in [1.29, 1.82) is 0 Å². The zero-order valence-corrected chi connectivity index (χ0v) is 13.0. The molecule has 1 aliphatic heterocycles. The maximum atomic E-state index is 5.59. The number of hydrogen-bond donors (Lipinski definition) is 0. The summed E-state index contributed by atoms with van der Waals surface area (Å²) in [6.07, 6.45) is 0. The first-order valence-corrected chi connectivity index (χ1v) is 6.33. The molecule has 0 aromatic heterocycles. The van der Waals surface area contributed by atoms with Crippen LogP contribution in [-0.4, -0.2) is 18.5 Å². The normalized spacial score (nSPS) is 17.4. The second-order valence-electron chi connectivity index (χ2n) is 5.48. The van der Waals surface area contributed by atoms with Crippen LogP contribution in [-0.2, 0) is 21.8 Å². The summed E-state index contributed by atoms with van der Waals surface area (Å²) in [7, 11) is 0. The Morgan fingerprint density at radius 3 is 2.25 bits per heavy atom. The topological polar surface area (TPSA) is 21.6 Å². The molecule has 1 aliphatic rings. The molecule has 108 valence electrons. The molecule has 2 aromatic carbocycles. The molecule has 0 N–H and O–H groups in total. The van der Waals surface area contributed by atoms with Crippen LogP contribution in [0.15, 0.2) is 35.3 Å². The van der Waals surface area contributed by atoms with Crippen LogP contribution >= 0.6 is 0 Å². The van der Waals surface area contributed by atoms with E-state index >= 15 is 0 Å². The third-order valence-electron chi connectivity index (χ3n) is 2.91. The monoisotopic (exact) mass is 307 g/mol. The fourth-order valence-corrected chi connectivity index (χ4v) is 1.67. The van der Waals surface area contributed by atoms with Gasteiger partial charge in [-0.25, -0.2) is 12.1 Å². The van der Waals surface area contributed by atoms with Gasteiger partial charge in [-0.1, -0.05) is 26.3 Å². The average molecular weight is 307 g/mol. The van der Waals surface area contributed by atoms with Crippen molar-refractivity contribution < 1.29 is 21.8 Å². The first-order chi connectivity index (χ1) is 9.07. The van der Waals surface area contributed by atoms with Crippen molar-refractivity contribution in [3.63, 3.8) is 0 Å². The van der Waals surface area contributed by atoms with Gasteiger partial charge in [-0.15, -0.1) is 0 Å². The van der Waals surface area contributed by atoms with Gasteiger partial charge >= 0.3 is 17.1 Å². The SMILES string of the molecule is CC(C)(C)[C@@H]1COC([c-]2cccc2)=N1.[Fe+2].[c-]1[c-][c-][cH-][c-]1. The minimum Gasteiger partial charge on any atom is -0.999 e. The van der Waals surface area contributed by atoms with Crippen LogP contribution in [0.25, 0.3) is 0 Å². The van der Waals surface area contributed by atoms with Crippen LogP contribution in [0.4, 0.5) is 0 Å². The Bertz CT molecular complexity index is 474. The van der Waals surface area contributed by atoms with E-state index in [4.69, 9.17) is 4.74 Å². The molecule has 1 atom stereocenters. The fourth-order valence-electron chi connectivity index (χ4n) is 1.67. The molecule has 0 bridgehead atoms. The molecule has 0 spiro atoms. The van der Waals surface area contributed by atoms with Gasteiger partial charge in [-0.2, -0.15) is 12.1 Å². The summed E-state index contributed by atoms with van der Waals surface area (Å²) < 4.78 is 5.59. The largest absolute Gasteiger partial charge is 2.00 e. The van der Waals surface area contributed by atoms with Gasteiger partial charge in [0, 0.05) is 0 Å². The summed E-state index contributed by atoms with van der Waals surface area (Å²) in [4.78, 5) is 4.60. The summed E-state index contributed by atoms with van der Waals surface area (Å²) in [5.74, 6) is 0.801. The molecule has 0 amide bonds. The van der Waals surface area contributed by atoms with Crippen LogP contribution in [0.1, 0.15) is 26.3 Å². The van der Waals surface area contributed by atoms with Crippen LogP contribution in [0.3, 0.4) is 0 Å². The molecule has 2 aromatic rings. The van der Waals surface area contributed by atoms with Crippen LogP contribution < -0.4 is 0 Å². The van der Waals surface area contributed by atoms with Gasteiger partial charge < -0.3 is 35.1 Å². The molecule has 0 fully saturated rings. The van der Waals surface area contributed by atoms with Crippen molar-refractivity contribution in [1.82, 2.24) is 0 Å². The minimum atomic E-state index is 0. The molecule has 0 unspecified atom stereocenters. The van der Waals surface area contributed by atoms with Gasteiger partial charge in [-0.3, -0.25) is 4.99 Å². The molecule has 3 rings (SSSR count). The Morgan fingerprint density at radius 1 is 1.25 bits per heavy atom. The van der Waals surface area contributed by atoms with E-state index in [2.05, 4.69) is 50.0 Å². The average Bonchev–Trinajstić information content (AvgIpc) is 3.13. The van der Waals surface area contributed by atoms with E-state index in [1.165, 1.54) is 0 Å². The summed E-state index contributed by atoms with van der Waals surface area (Å²) in [6.45, 7) is 7.29. The van der Waals surface area contributed by atoms with E-state index in [1.54, 1.807) is 6.07 Å². The predicted molar refractivity (Wildman–Crippen MR) is 75.1 cm³/mol. The van der Waals surface area contributed by atoms with Crippen molar-refractivity contribution in [3.05, 3.63) is 60.2 Å². The maximum absolute atomic E-state index is 5.59. The van der Waals surface area contributed by atoms with E-state index in [0.29, 0.717) is 6.61 Å². The molecule has 0 radical (unpaired) electrons. The van der Waals surface area contributed by atoms with Gasteiger partial charge in [0.1, 0.15) is 6.61 Å². The van der Waals surface area contributed by atoms with Crippen molar-refractivity contribution in [2.45, 2.75) is 26.8 Å². The summed E-state index contributed by atoms with van der Waals surface area (Å²) >= 11 is 0. The van der Waals surface area contributed by atoms with Gasteiger partial charge in [-0.05, 0) is 5.41 Å². The summed E-state index contributed by atoms with van der Waals surface area (Å²) in [5, 5.41) is 0.